The average molecular weight is 363 g/mol. The summed E-state index contributed by atoms with van der Waals surface area (Å²) in [6, 6.07) is 13.6. The molecule has 0 radical (unpaired) electrons. The highest BCUT2D eigenvalue weighted by Gasteiger charge is 2.12. The number of pyridine rings is 1. The molecule has 94 valence electrons. The van der Waals surface area contributed by atoms with Crippen molar-refractivity contribution in [3.63, 3.8) is 0 Å². The highest BCUT2D eigenvalue weighted by Crippen LogP contribution is 2.25. The molecular weight excluding hydrogens is 353 g/mol. The van der Waals surface area contributed by atoms with Gasteiger partial charge >= 0.3 is 5.97 Å². The molecule has 0 spiro atoms. The molecule has 0 bridgehead atoms. The Morgan fingerprint density at radius 3 is 2.79 bits per heavy atom. The number of ether oxygens (including phenoxy) is 1. The van der Waals surface area contributed by atoms with Gasteiger partial charge in [-0.05, 0) is 46.9 Å². The second kappa shape index (κ2) is 4.77. The summed E-state index contributed by atoms with van der Waals surface area (Å²) in [6.07, 6.45) is 0. The molecule has 0 N–H and O–H groups in total. The van der Waals surface area contributed by atoms with Gasteiger partial charge in [0.05, 0.1) is 23.7 Å². The molecule has 0 unspecified atom stereocenters. The Morgan fingerprint density at radius 1 is 1.21 bits per heavy atom. The molecule has 3 aromatic rings. The number of hydrogen-bond donors (Lipinski definition) is 0. The summed E-state index contributed by atoms with van der Waals surface area (Å²) in [4.78, 5) is 16.4. The molecule has 3 rings (SSSR count). The van der Waals surface area contributed by atoms with Crippen molar-refractivity contribution in [3.8, 4) is 0 Å². The number of hydrogen-bond acceptors (Lipinski definition) is 3. The standard InChI is InChI=1S/C15H10INO2/c1-19-15(18)10-5-2-4-9-8-11-12(16)6-3-7-13(11)17-14(9)10/h2-8H,1H3. The van der Waals surface area contributed by atoms with Crippen LogP contribution in [0.5, 0.6) is 0 Å². The molecule has 1 aromatic heterocycles. The third-order valence-electron chi connectivity index (χ3n) is 3.03. The lowest BCUT2D eigenvalue weighted by Gasteiger charge is -2.06. The maximum absolute atomic E-state index is 11.8. The van der Waals surface area contributed by atoms with E-state index in [0.717, 1.165) is 19.9 Å². The second-order valence-electron chi connectivity index (χ2n) is 4.16. The molecule has 2 aromatic carbocycles. The number of methoxy groups -OCH3 is 1. The fraction of sp³-hybridized carbons (Fsp3) is 0.0667. The van der Waals surface area contributed by atoms with E-state index >= 15 is 0 Å². The average Bonchev–Trinajstić information content (AvgIpc) is 2.44. The van der Waals surface area contributed by atoms with Crippen LogP contribution in [0.15, 0.2) is 42.5 Å². The van der Waals surface area contributed by atoms with Crippen molar-refractivity contribution < 1.29 is 9.53 Å². The van der Waals surface area contributed by atoms with E-state index in [-0.39, 0.29) is 5.97 Å². The number of benzene rings is 2. The van der Waals surface area contributed by atoms with Crippen LogP contribution >= 0.6 is 22.6 Å². The number of rotatable bonds is 1. The van der Waals surface area contributed by atoms with Crippen LogP contribution in [0.4, 0.5) is 0 Å². The van der Waals surface area contributed by atoms with Crippen LogP contribution in [0.25, 0.3) is 21.8 Å². The van der Waals surface area contributed by atoms with E-state index in [4.69, 9.17) is 4.74 Å². The van der Waals surface area contributed by atoms with Crippen LogP contribution in [0.3, 0.4) is 0 Å². The van der Waals surface area contributed by atoms with E-state index in [1.165, 1.54) is 7.11 Å². The van der Waals surface area contributed by atoms with Crippen molar-refractivity contribution in [1.29, 1.82) is 0 Å². The molecule has 4 heteroatoms. The summed E-state index contributed by atoms with van der Waals surface area (Å²) in [5.74, 6) is -0.358. The van der Waals surface area contributed by atoms with Gasteiger partial charge in [-0.3, -0.25) is 0 Å². The molecule has 0 aliphatic heterocycles. The molecule has 0 aliphatic carbocycles. The third kappa shape index (κ3) is 2.06. The smallest absolute Gasteiger partial charge is 0.340 e. The van der Waals surface area contributed by atoms with Crippen LogP contribution in [-0.2, 0) is 4.74 Å². The SMILES string of the molecule is COC(=O)c1cccc2cc3c(I)cccc3nc12. The third-order valence-corrected chi connectivity index (χ3v) is 3.98. The second-order valence-corrected chi connectivity index (χ2v) is 5.33. The van der Waals surface area contributed by atoms with Crippen LogP contribution in [0.1, 0.15) is 10.4 Å². The fourth-order valence-corrected chi connectivity index (χ4v) is 2.76. The van der Waals surface area contributed by atoms with E-state index in [9.17, 15) is 4.79 Å². The van der Waals surface area contributed by atoms with Gasteiger partial charge in [-0.15, -0.1) is 0 Å². The number of fused-ring (bicyclic) bond motifs is 2. The molecule has 0 fully saturated rings. The lowest BCUT2D eigenvalue weighted by atomic mass is 10.1. The largest absolute Gasteiger partial charge is 0.465 e. The summed E-state index contributed by atoms with van der Waals surface area (Å²) in [5, 5.41) is 2.04. The van der Waals surface area contributed by atoms with Gasteiger partial charge in [0.1, 0.15) is 0 Å². The Labute approximate surface area is 123 Å². The Morgan fingerprint density at radius 2 is 2.00 bits per heavy atom. The Bertz CT molecular complexity index is 799. The van der Waals surface area contributed by atoms with Crippen LogP contribution in [0, 0.1) is 3.57 Å². The normalized spacial score (nSPS) is 10.8. The first kappa shape index (κ1) is 12.3. The van der Waals surface area contributed by atoms with Crippen molar-refractivity contribution in [2.75, 3.05) is 7.11 Å². The molecule has 0 aliphatic rings. The lowest BCUT2D eigenvalue weighted by Crippen LogP contribution is -2.03. The number of nitrogens with zero attached hydrogens (tertiary/aromatic N) is 1. The molecular formula is C15H10INO2. The first-order valence-electron chi connectivity index (χ1n) is 5.77. The van der Waals surface area contributed by atoms with E-state index < -0.39 is 0 Å². The zero-order valence-corrected chi connectivity index (χ0v) is 12.3. The van der Waals surface area contributed by atoms with Gasteiger partial charge in [-0.1, -0.05) is 18.2 Å². The Kier molecular flexibility index (Phi) is 3.10. The highest BCUT2D eigenvalue weighted by atomic mass is 127. The summed E-state index contributed by atoms with van der Waals surface area (Å²) >= 11 is 2.29. The summed E-state index contributed by atoms with van der Waals surface area (Å²) in [6.45, 7) is 0. The van der Waals surface area contributed by atoms with Crippen molar-refractivity contribution in [3.05, 3.63) is 51.6 Å². The molecule has 0 amide bonds. The topological polar surface area (TPSA) is 39.2 Å². The zero-order chi connectivity index (χ0) is 13.4. The van der Waals surface area contributed by atoms with Crippen molar-refractivity contribution in [2.45, 2.75) is 0 Å². The molecule has 3 nitrogen and oxygen atoms in total. The van der Waals surface area contributed by atoms with Crippen molar-refractivity contribution in [1.82, 2.24) is 4.98 Å². The van der Waals surface area contributed by atoms with Gasteiger partial charge in [0.25, 0.3) is 0 Å². The predicted octanol–water partition coefficient (Wildman–Crippen LogP) is 3.78. The van der Waals surface area contributed by atoms with Crippen LogP contribution in [0.2, 0.25) is 0 Å². The molecule has 0 saturated heterocycles. The lowest BCUT2D eigenvalue weighted by molar-refractivity contribution is 0.0603. The monoisotopic (exact) mass is 363 g/mol. The number of halogens is 1. The minimum Gasteiger partial charge on any atom is -0.465 e. The number of esters is 1. The first-order chi connectivity index (χ1) is 9.20. The summed E-state index contributed by atoms with van der Waals surface area (Å²) < 4.78 is 5.95. The number of carbonyl (C=O) groups is 1. The van der Waals surface area contributed by atoms with E-state index in [0.29, 0.717) is 11.1 Å². The maximum atomic E-state index is 11.8. The van der Waals surface area contributed by atoms with Crippen molar-refractivity contribution >= 4 is 50.4 Å². The Hall–Kier alpha value is -1.69. The quantitative estimate of drug-likeness (QED) is 0.375. The zero-order valence-electron chi connectivity index (χ0n) is 10.2. The number of para-hydroxylation sites is 1. The van der Waals surface area contributed by atoms with Crippen LogP contribution < -0.4 is 0 Å². The Balaban J connectivity index is 2.41. The summed E-state index contributed by atoms with van der Waals surface area (Å²) in [7, 11) is 1.38. The highest BCUT2D eigenvalue weighted by molar-refractivity contribution is 14.1. The predicted molar refractivity (Wildman–Crippen MR) is 83.3 cm³/mol. The molecule has 1 heterocycles. The van der Waals surface area contributed by atoms with E-state index in [2.05, 4.69) is 33.6 Å². The van der Waals surface area contributed by atoms with Gasteiger partial charge in [0, 0.05) is 14.3 Å². The summed E-state index contributed by atoms with van der Waals surface area (Å²) in [5.41, 5.74) is 2.07. The van der Waals surface area contributed by atoms with Gasteiger partial charge in [0.2, 0.25) is 0 Å². The van der Waals surface area contributed by atoms with Gasteiger partial charge in [0.15, 0.2) is 0 Å². The van der Waals surface area contributed by atoms with Gasteiger partial charge < -0.3 is 4.74 Å². The van der Waals surface area contributed by atoms with Gasteiger partial charge in [-0.25, -0.2) is 9.78 Å². The van der Waals surface area contributed by atoms with E-state index in [1.54, 1.807) is 6.07 Å². The molecule has 19 heavy (non-hydrogen) atoms. The van der Waals surface area contributed by atoms with Gasteiger partial charge in [-0.2, -0.15) is 0 Å². The number of aromatic nitrogens is 1. The molecule has 0 atom stereocenters. The number of carbonyl (C=O) groups excluding carboxylic acids is 1. The van der Waals surface area contributed by atoms with Crippen molar-refractivity contribution in [2.24, 2.45) is 0 Å². The first-order valence-corrected chi connectivity index (χ1v) is 6.85. The molecule has 0 saturated carbocycles. The van der Waals surface area contributed by atoms with Crippen LogP contribution in [-0.4, -0.2) is 18.1 Å². The minimum absolute atomic E-state index is 0.358. The fourth-order valence-electron chi connectivity index (χ4n) is 2.12. The maximum Gasteiger partial charge on any atom is 0.340 e. The minimum atomic E-state index is -0.358. The van der Waals surface area contributed by atoms with E-state index in [1.807, 2.05) is 30.3 Å².